The van der Waals surface area contributed by atoms with Crippen molar-refractivity contribution in [2.75, 3.05) is 10.0 Å². The Balaban J connectivity index is 1.64. The number of halogens is 1. The van der Waals surface area contributed by atoms with E-state index in [-0.39, 0.29) is 10.8 Å². The van der Waals surface area contributed by atoms with Crippen LogP contribution in [0.1, 0.15) is 23.6 Å². The SMILES string of the molecule is Cc1ccc(NS(=O)(=O)c2ccc(NC(=O)[C@@H](C)Oc3cc(C)c(Cl)c(C)c3)cc2)cc1. The molecule has 0 unspecified atom stereocenters. The summed E-state index contributed by atoms with van der Waals surface area (Å²) in [5.41, 5.74) is 3.71. The number of amides is 1. The first-order valence-corrected chi connectivity index (χ1v) is 11.8. The van der Waals surface area contributed by atoms with Crippen LogP contribution in [0, 0.1) is 20.8 Å². The molecule has 0 heterocycles. The van der Waals surface area contributed by atoms with Crippen LogP contribution in [0.2, 0.25) is 5.02 Å². The quantitative estimate of drug-likeness (QED) is 0.477. The molecule has 0 aromatic heterocycles. The molecule has 0 radical (unpaired) electrons. The number of ether oxygens (including phenoxy) is 1. The number of hydrogen-bond donors (Lipinski definition) is 2. The number of sulfonamides is 1. The highest BCUT2D eigenvalue weighted by atomic mass is 35.5. The Hall–Kier alpha value is -3.03. The van der Waals surface area contributed by atoms with Crippen LogP contribution in [-0.2, 0) is 14.8 Å². The van der Waals surface area contributed by atoms with Crippen LogP contribution in [0.25, 0.3) is 0 Å². The first-order valence-electron chi connectivity index (χ1n) is 9.99. The molecular weight excluding hydrogens is 448 g/mol. The predicted molar refractivity (Wildman–Crippen MR) is 128 cm³/mol. The Kier molecular flexibility index (Phi) is 7.11. The van der Waals surface area contributed by atoms with Gasteiger partial charge < -0.3 is 10.1 Å². The van der Waals surface area contributed by atoms with Crippen molar-refractivity contribution in [1.82, 2.24) is 0 Å². The van der Waals surface area contributed by atoms with E-state index < -0.39 is 16.1 Å². The van der Waals surface area contributed by atoms with Crippen molar-refractivity contribution >= 4 is 38.9 Å². The molecule has 0 aliphatic rings. The maximum absolute atomic E-state index is 12.6. The smallest absolute Gasteiger partial charge is 0.265 e. The van der Waals surface area contributed by atoms with Crippen LogP contribution in [0.3, 0.4) is 0 Å². The number of benzene rings is 3. The molecule has 168 valence electrons. The van der Waals surface area contributed by atoms with Gasteiger partial charge in [0.25, 0.3) is 15.9 Å². The van der Waals surface area contributed by atoms with E-state index in [2.05, 4.69) is 10.0 Å². The van der Waals surface area contributed by atoms with Gasteiger partial charge in [0.1, 0.15) is 5.75 Å². The second kappa shape index (κ2) is 9.63. The second-order valence-electron chi connectivity index (χ2n) is 7.62. The van der Waals surface area contributed by atoms with E-state index in [9.17, 15) is 13.2 Å². The Morgan fingerprint density at radius 2 is 1.44 bits per heavy atom. The lowest BCUT2D eigenvalue weighted by Gasteiger charge is -2.16. The molecular formula is C24H25ClN2O4S. The highest BCUT2D eigenvalue weighted by molar-refractivity contribution is 7.92. The predicted octanol–water partition coefficient (Wildman–Crippen LogP) is 5.47. The zero-order valence-electron chi connectivity index (χ0n) is 18.3. The Labute approximate surface area is 193 Å². The normalized spacial score (nSPS) is 12.2. The Morgan fingerprint density at radius 3 is 2.00 bits per heavy atom. The lowest BCUT2D eigenvalue weighted by Crippen LogP contribution is -2.30. The first kappa shape index (κ1) is 23.6. The highest BCUT2D eigenvalue weighted by Gasteiger charge is 2.18. The zero-order valence-corrected chi connectivity index (χ0v) is 19.8. The molecule has 0 saturated heterocycles. The van der Waals surface area contributed by atoms with E-state index in [1.807, 2.05) is 32.9 Å². The van der Waals surface area contributed by atoms with Gasteiger partial charge in [0.15, 0.2) is 6.10 Å². The third kappa shape index (κ3) is 5.81. The van der Waals surface area contributed by atoms with Crippen molar-refractivity contribution in [3.63, 3.8) is 0 Å². The summed E-state index contributed by atoms with van der Waals surface area (Å²) in [6.45, 7) is 7.31. The Bertz CT molecular complexity index is 1200. The van der Waals surface area contributed by atoms with Crippen LogP contribution >= 0.6 is 11.6 Å². The zero-order chi connectivity index (χ0) is 23.5. The van der Waals surface area contributed by atoms with E-state index in [0.29, 0.717) is 22.1 Å². The summed E-state index contributed by atoms with van der Waals surface area (Å²) in [6.07, 6.45) is -0.762. The summed E-state index contributed by atoms with van der Waals surface area (Å²) in [6, 6.07) is 16.5. The Morgan fingerprint density at radius 1 is 0.906 bits per heavy atom. The molecule has 0 fully saturated rings. The minimum absolute atomic E-state index is 0.0903. The molecule has 6 nitrogen and oxygen atoms in total. The highest BCUT2D eigenvalue weighted by Crippen LogP contribution is 2.26. The van der Waals surface area contributed by atoms with Gasteiger partial charge in [0.2, 0.25) is 0 Å². The second-order valence-corrected chi connectivity index (χ2v) is 9.68. The van der Waals surface area contributed by atoms with Gasteiger partial charge in [-0.15, -0.1) is 0 Å². The number of anilines is 2. The van der Waals surface area contributed by atoms with Gasteiger partial charge in [-0.1, -0.05) is 29.3 Å². The number of carbonyl (C=O) groups is 1. The standard InChI is InChI=1S/C24H25ClN2O4S/c1-15-5-7-20(8-6-15)27-32(29,30)22-11-9-19(10-12-22)26-24(28)18(4)31-21-13-16(2)23(25)17(3)14-21/h5-14,18,27H,1-4H3,(H,26,28)/t18-/m1/s1. The van der Waals surface area contributed by atoms with Gasteiger partial charge in [-0.25, -0.2) is 8.42 Å². The molecule has 0 aliphatic heterocycles. The van der Waals surface area contributed by atoms with Crippen molar-refractivity contribution in [3.8, 4) is 5.75 Å². The van der Waals surface area contributed by atoms with Gasteiger partial charge >= 0.3 is 0 Å². The van der Waals surface area contributed by atoms with Crippen molar-refractivity contribution in [2.24, 2.45) is 0 Å². The van der Waals surface area contributed by atoms with Crippen LogP contribution in [0.4, 0.5) is 11.4 Å². The number of rotatable bonds is 7. The molecule has 32 heavy (non-hydrogen) atoms. The van der Waals surface area contributed by atoms with Crippen molar-refractivity contribution in [3.05, 3.63) is 82.4 Å². The molecule has 2 N–H and O–H groups in total. The average Bonchev–Trinajstić information content (AvgIpc) is 2.74. The molecule has 0 bridgehead atoms. The van der Waals surface area contributed by atoms with Gasteiger partial charge in [-0.2, -0.15) is 0 Å². The minimum Gasteiger partial charge on any atom is -0.481 e. The third-order valence-electron chi connectivity index (χ3n) is 4.83. The monoisotopic (exact) mass is 472 g/mol. The number of aryl methyl sites for hydroxylation is 3. The molecule has 0 spiro atoms. The average molecular weight is 473 g/mol. The van der Waals surface area contributed by atoms with Gasteiger partial charge in [0.05, 0.1) is 4.90 Å². The van der Waals surface area contributed by atoms with E-state index in [0.717, 1.165) is 16.7 Å². The molecule has 8 heteroatoms. The molecule has 1 amide bonds. The summed E-state index contributed by atoms with van der Waals surface area (Å²) in [5.74, 6) is 0.194. The van der Waals surface area contributed by atoms with E-state index in [1.165, 1.54) is 24.3 Å². The van der Waals surface area contributed by atoms with E-state index in [1.54, 1.807) is 31.2 Å². The summed E-state index contributed by atoms with van der Waals surface area (Å²) < 4.78 is 33.4. The van der Waals surface area contributed by atoms with Crippen LogP contribution in [0.15, 0.2) is 65.6 Å². The minimum atomic E-state index is -3.74. The van der Waals surface area contributed by atoms with Gasteiger partial charge in [-0.05, 0) is 87.4 Å². The summed E-state index contributed by atoms with van der Waals surface area (Å²) in [7, 11) is -3.74. The molecule has 0 saturated carbocycles. The molecule has 3 rings (SSSR count). The molecule has 3 aromatic rings. The van der Waals surface area contributed by atoms with E-state index in [4.69, 9.17) is 16.3 Å². The largest absolute Gasteiger partial charge is 0.481 e. The van der Waals surface area contributed by atoms with Crippen molar-refractivity contribution in [2.45, 2.75) is 38.7 Å². The summed E-state index contributed by atoms with van der Waals surface area (Å²) in [4.78, 5) is 12.6. The maximum atomic E-state index is 12.6. The van der Waals surface area contributed by atoms with Crippen LogP contribution in [0.5, 0.6) is 5.75 Å². The summed E-state index contributed by atoms with van der Waals surface area (Å²) in [5, 5.41) is 3.40. The fraction of sp³-hybridized carbons (Fsp3) is 0.208. The molecule has 0 aliphatic carbocycles. The van der Waals surface area contributed by atoms with Crippen molar-refractivity contribution in [1.29, 1.82) is 0 Å². The molecule has 1 atom stereocenters. The van der Waals surface area contributed by atoms with Gasteiger partial charge in [0, 0.05) is 16.4 Å². The first-order chi connectivity index (χ1) is 15.0. The molecule has 3 aromatic carbocycles. The fourth-order valence-electron chi connectivity index (χ4n) is 3.03. The lowest BCUT2D eigenvalue weighted by molar-refractivity contribution is -0.122. The van der Waals surface area contributed by atoms with Crippen molar-refractivity contribution < 1.29 is 17.9 Å². The number of nitrogens with one attached hydrogen (secondary N) is 2. The lowest BCUT2D eigenvalue weighted by atomic mass is 10.1. The van der Waals surface area contributed by atoms with E-state index >= 15 is 0 Å². The fourth-order valence-corrected chi connectivity index (χ4v) is 4.20. The topological polar surface area (TPSA) is 84.5 Å². The van der Waals surface area contributed by atoms with Gasteiger partial charge in [-0.3, -0.25) is 9.52 Å². The number of carbonyl (C=O) groups excluding carboxylic acids is 1. The van der Waals surface area contributed by atoms with Crippen LogP contribution in [-0.4, -0.2) is 20.4 Å². The third-order valence-corrected chi connectivity index (χ3v) is 6.82. The maximum Gasteiger partial charge on any atom is 0.265 e. The van der Waals surface area contributed by atoms with Crippen LogP contribution < -0.4 is 14.8 Å². The summed E-state index contributed by atoms with van der Waals surface area (Å²) >= 11 is 6.17. The number of hydrogen-bond acceptors (Lipinski definition) is 4.